The molecule has 0 unspecified atom stereocenters. The number of hydrogen-bond acceptors (Lipinski definition) is 5. The monoisotopic (exact) mass is 294 g/mol. The van der Waals surface area contributed by atoms with Gasteiger partial charge in [0.05, 0.1) is 23.7 Å². The molecule has 0 radical (unpaired) electrons. The summed E-state index contributed by atoms with van der Waals surface area (Å²) in [5.41, 5.74) is -0.646. The van der Waals surface area contributed by atoms with Gasteiger partial charge in [-0.1, -0.05) is 0 Å². The Morgan fingerprint density at radius 3 is 2.71 bits per heavy atom. The largest absolute Gasteiger partial charge is 0.480 e. The van der Waals surface area contributed by atoms with E-state index in [9.17, 15) is 18.8 Å². The highest BCUT2D eigenvalue weighted by molar-refractivity contribution is 6.04. The van der Waals surface area contributed by atoms with Crippen molar-refractivity contribution in [2.45, 2.75) is 0 Å². The second kappa shape index (κ2) is 5.61. The fraction of sp³-hybridized carbons (Fsp3) is 0.154. The molecule has 7 nitrogen and oxygen atoms in total. The molecule has 0 aliphatic rings. The van der Waals surface area contributed by atoms with Gasteiger partial charge in [0.1, 0.15) is 12.4 Å². The van der Waals surface area contributed by atoms with Gasteiger partial charge in [-0.2, -0.15) is 0 Å². The first kappa shape index (κ1) is 14.5. The third-order valence-electron chi connectivity index (χ3n) is 2.82. The van der Waals surface area contributed by atoms with Crippen LogP contribution in [0.25, 0.3) is 10.8 Å². The lowest BCUT2D eigenvalue weighted by Crippen LogP contribution is -2.15. The topological polar surface area (TPSA) is 108 Å². The van der Waals surface area contributed by atoms with Gasteiger partial charge < -0.3 is 20.1 Å². The minimum atomic E-state index is -1.17. The summed E-state index contributed by atoms with van der Waals surface area (Å²) in [6.45, 7) is -0.501. The van der Waals surface area contributed by atoms with Crippen LogP contribution in [0.3, 0.4) is 0 Å². The molecule has 0 aliphatic carbocycles. The summed E-state index contributed by atoms with van der Waals surface area (Å²) in [5.74, 6) is -2.67. The molecule has 2 rings (SSSR count). The highest BCUT2D eigenvalue weighted by Crippen LogP contribution is 2.23. The number of carbonyl (C=O) groups is 2. The lowest BCUT2D eigenvalue weighted by atomic mass is 10.1. The standard InChI is InChI=1S/C13H11FN2O5/c1-21-13(20)8-4-16-12(19)7-2-9(14)10(3-6(7)8)15-5-11(17)18/h2-4,15H,5H2,1H3,(H,16,19)(H,17,18). The number of aromatic nitrogens is 1. The van der Waals surface area contributed by atoms with Crippen molar-refractivity contribution in [3.05, 3.63) is 40.1 Å². The third kappa shape index (κ3) is 2.83. The van der Waals surface area contributed by atoms with Gasteiger partial charge in [0.25, 0.3) is 5.56 Å². The summed E-state index contributed by atoms with van der Waals surface area (Å²) in [6, 6.07) is 2.14. The average Bonchev–Trinajstić information content (AvgIpc) is 2.45. The van der Waals surface area contributed by atoms with Gasteiger partial charge in [0.15, 0.2) is 0 Å². The smallest absolute Gasteiger partial charge is 0.339 e. The van der Waals surface area contributed by atoms with Crippen molar-refractivity contribution in [2.75, 3.05) is 19.0 Å². The van der Waals surface area contributed by atoms with Crippen molar-refractivity contribution >= 4 is 28.4 Å². The van der Waals surface area contributed by atoms with E-state index in [0.29, 0.717) is 0 Å². The summed E-state index contributed by atoms with van der Waals surface area (Å²) in [6.07, 6.45) is 1.16. The van der Waals surface area contributed by atoms with Crippen molar-refractivity contribution in [2.24, 2.45) is 0 Å². The first-order chi connectivity index (χ1) is 9.93. The molecule has 0 saturated heterocycles. The number of carboxylic acid groups (broad SMARTS) is 1. The highest BCUT2D eigenvalue weighted by atomic mass is 19.1. The van der Waals surface area contributed by atoms with Crippen LogP contribution in [0.1, 0.15) is 10.4 Å². The highest BCUT2D eigenvalue weighted by Gasteiger charge is 2.15. The molecule has 3 N–H and O–H groups in total. The Morgan fingerprint density at radius 2 is 2.10 bits per heavy atom. The van der Waals surface area contributed by atoms with Crippen molar-refractivity contribution < 1.29 is 23.8 Å². The van der Waals surface area contributed by atoms with E-state index in [1.165, 1.54) is 13.2 Å². The van der Waals surface area contributed by atoms with E-state index >= 15 is 0 Å². The fourth-order valence-electron chi connectivity index (χ4n) is 1.86. The Morgan fingerprint density at radius 1 is 1.38 bits per heavy atom. The Balaban J connectivity index is 2.65. The number of hydrogen-bond donors (Lipinski definition) is 3. The number of fused-ring (bicyclic) bond motifs is 1. The van der Waals surface area contributed by atoms with Gasteiger partial charge in [0.2, 0.25) is 0 Å². The Bertz CT molecular complexity index is 784. The number of esters is 1. The molecule has 1 heterocycles. The van der Waals surface area contributed by atoms with Crippen LogP contribution in [0.15, 0.2) is 23.1 Å². The molecule has 8 heteroatoms. The van der Waals surface area contributed by atoms with Crippen LogP contribution in [0.4, 0.5) is 10.1 Å². The molecule has 0 aliphatic heterocycles. The van der Waals surface area contributed by atoms with Crippen LogP contribution in [-0.2, 0) is 9.53 Å². The van der Waals surface area contributed by atoms with Crippen LogP contribution >= 0.6 is 0 Å². The molecule has 0 spiro atoms. The van der Waals surface area contributed by atoms with E-state index in [0.717, 1.165) is 12.3 Å². The lowest BCUT2D eigenvalue weighted by molar-refractivity contribution is -0.134. The predicted molar refractivity (Wildman–Crippen MR) is 72.0 cm³/mol. The molecule has 2 aromatic rings. The van der Waals surface area contributed by atoms with Crippen LogP contribution in [0, 0.1) is 5.82 Å². The molecule has 0 amide bonds. The quantitative estimate of drug-likeness (QED) is 0.724. The maximum Gasteiger partial charge on any atom is 0.339 e. The number of H-pyrrole nitrogens is 1. The number of pyridine rings is 1. The normalized spacial score (nSPS) is 10.4. The predicted octanol–water partition coefficient (Wildman–Crippen LogP) is 0.950. The van der Waals surface area contributed by atoms with Gasteiger partial charge in [-0.25, -0.2) is 9.18 Å². The SMILES string of the molecule is COC(=O)c1c[nH]c(=O)c2cc(F)c(NCC(=O)O)cc12. The Hall–Kier alpha value is -2.90. The first-order valence-corrected chi connectivity index (χ1v) is 5.83. The summed E-state index contributed by atoms with van der Waals surface area (Å²) >= 11 is 0. The minimum Gasteiger partial charge on any atom is -0.480 e. The fourth-order valence-corrected chi connectivity index (χ4v) is 1.86. The van der Waals surface area contributed by atoms with Crippen molar-refractivity contribution in [3.8, 4) is 0 Å². The lowest BCUT2D eigenvalue weighted by Gasteiger charge is -2.09. The number of ether oxygens (including phenoxy) is 1. The summed E-state index contributed by atoms with van der Waals surface area (Å²) in [7, 11) is 1.17. The summed E-state index contributed by atoms with van der Waals surface area (Å²) < 4.78 is 18.4. The number of methoxy groups -OCH3 is 1. The molecule has 110 valence electrons. The molecule has 1 aromatic carbocycles. The van der Waals surface area contributed by atoms with Gasteiger partial charge in [0, 0.05) is 11.6 Å². The molecular formula is C13H11FN2O5. The Labute approximate surface area is 117 Å². The average molecular weight is 294 g/mol. The third-order valence-corrected chi connectivity index (χ3v) is 2.82. The number of carbonyl (C=O) groups excluding carboxylic acids is 1. The van der Waals surface area contributed by atoms with E-state index < -0.39 is 29.9 Å². The van der Waals surface area contributed by atoms with Crippen LogP contribution in [-0.4, -0.2) is 35.7 Å². The van der Waals surface area contributed by atoms with Crippen LogP contribution in [0.2, 0.25) is 0 Å². The molecular weight excluding hydrogens is 283 g/mol. The van der Waals surface area contributed by atoms with Gasteiger partial charge in [-0.15, -0.1) is 0 Å². The number of benzene rings is 1. The van der Waals surface area contributed by atoms with E-state index in [4.69, 9.17) is 5.11 Å². The number of nitrogens with one attached hydrogen (secondary N) is 2. The minimum absolute atomic E-state index is 0.0312. The summed E-state index contributed by atoms with van der Waals surface area (Å²) in [5, 5.41) is 11.1. The number of halogens is 1. The molecule has 0 bridgehead atoms. The second-order valence-electron chi connectivity index (χ2n) is 4.15. The number of rotatable bonds is 4. The number of anilines is 1. The zero-order valence-corrected chi connectivity index (χ0v) is 10.9. The van der Waals surface area contributed by atoms with Crippen molar-refractivity contribution in [3.63, 3.8) is 0 Å². The maximum atomic E-state index is 13.8. The van der Waals surface area contributed by atoms with Crippen molar-refractivity contribution in [1.82, 2.24) is 4.98 Å². The van der Waals surface area contributed by atoms with E-state index in [-0.39, 0.29) is 22.0 Å². The van der Waals surface area contributed by atoms with Gasteiger partial charge >= 0.3 is 11.9 Å². The van der Waals surface area contributed by atoms with E-state index in [2.05, 4.69) is 15.0 Å². The Kier molecular flexibility index (Phi) is 3.88. The number of carboxylic acids is 1. The zero-order valence-electron chi connectivity index (χ0n) is 10.9. The molecule has 0 atom stereocenters. The number of aliphatic carboxylic acids is 1. The summed E-state index contributed by atoms with van der Waals surface area (Å²) in [4.78, 5) is 36.2. The number of aromatic amines is 1. The van der Waals surface area contributed by atoms with Gasteiger partial charge in [-0.05, 0) is 12.1 Å². The molecule has 0 saturated carbocycles. The van der Waals surface area contributed by atoms with E-state index in [1.54, 1.807) is 0 Å². The van der Waals surface area contributed by atoms with Crippen LogP contribution in [0.5, 0.6) is 0 Å². The van der Waals surface area contributed by atoms with E-state index in [1.807, 2.05) is 0 Å². The molecule has 21 heavy (non-hydrogen) atoms. The van der Waals surface area contributed by atoms with Gasteiger partial charge in [-0.3, -0.25) is 9.59 Å². The molecule has 0 fully saturated rings. The zero-order chi connectivity index (χ0) is 15.6. The maximum absolute atomic E-state index is 13.8. The van der Waals surface area contributed by atoms with Crippen molar-refractivity contribution in [1.29, 1.82) is 0 Å². The van der Waals surface area contributed by atoms with Crippen LogP contribution < -0.4 is 10.9 Å². The molecule has 1 aromatic heterocycles. The second-order valence-corrected chi connectivity index (χ2v) is 4.15. The first-order valence-electron chi connectivity index (χ1n) is 5.83.